The molecule has 4 nitrogen and oxygen atoms in total. The fourth-order valence-electron chi connectivity index (χ4n) is 1.73. The molecule has 0 aromatic heterocycles. The van der Waals surface area contributed by atoms with E-state index >= 15 is 0 Å². The van der Waals surface area contributed by atoms with E-state index in [2.05, 4.69) is 5.32 Å². The second-order valence-corrected chi connectivity index (χ2v) is 6.23. The van der Waals surface area contributed by atoms with Crippen molar-refractivity contribution in [3.63, 3.8) is 0 Å². The SMILES string of the molecule is CCCC(Sc1cc(NC(=O)CC)c(F)cc1Cl)C(=O)OC. The zero-order valence-electron chi connectivity index (χ0n) is 12.7. The molecule has 1 aromatic rings. The van der Waals surface area contributed by atoms with Crippen molar-refractivity contribution in [3.8, 4) is 0 Å². The highest BCUT2D eigenvalue weighted by Crippen LogP contribution is 2.36. The van der Waals surface area contributed by atoms with Crippen LogP contribution in [0, 0.1) is 5.82 Å². The Morgan fingerprint density at radius 3 is 2.64 bits per heavy atom. The summed E-state index contributed by atoms with van der Waals surface area (Å²) in [6.45, 7) is 3.63. The molecule has 0 saturated heterocycles. The zero-order valence-corrected chi connectivity index (χ0v) is 14.3. The van der Waals surface area contributed by atoms with Gasteiger partial charge in [0.1, 0.15) is 11.1 Å². The Balaban J connectivity index is 3.04. The highest BCUT2D eigenvalue weighted by molar-refractivity contribution is 8.00. The van der Waals surface area contributed by atoms with Crippen molar-refractivity contribution in [1.29, 1.82) is 0 Å². The van der Waals surface area contributed by atoms with Crippen LogP contribution in [-0.4, -0.2) is 24.2 Å². The topological polar surface area (TPSA) is 55.4 Å². The summed E-state index contributed by atoms with van der Waals surface area (Å²) in [7, 11) is 1.32. The first-order valence-corrected chi connectivity index (χ1v) is 8.22. The molecule has 0 heterocycles. The summed E-state index contributed by atoms with van der Waals surface area (Å²) in [5, 5.41) is 2.25. The van der Waals surface area contributed by atoms with Gasteiger partial charge in [0.2, 0.25) is 5.91 Å². The summed E-state index contributed by atoms with van der Waals surface area (Å²) < 4.78 is 18.6. The average Bonchev–Trinajstić information content (AvgIpc) is 2.50. The molecule has 22 heavy (non-hydrogen) atoms. The number of hydrogen-bond acceptors (Lipinski definition) is 4. The molecule has 0 saturated carbocycles. The highest BCUT2D eigenvalue weighted by atomic mass is 35.5. The number of carbonyl (C=O) groups excluding carboxylic acids is 2. The summed E-state index contributed by atoms with van der Waals surface area (Å²) in [5.74, 6) is -1.26. The van der Waals surface area contributed by atoms with Crippen molar-refractivity contribution in [1.82, 2.24) is 0 Å². The third-order valence-corrected chi connectivity index (χ3v) is 4.63. The minimum Gasteiger partial charge on any atom is -0.468 e. The minimum absolute atomic E-state index is 0.0545. The summed E-state index contributed by atoms with van der Waals surface area (Å²) in [4.78, 5) is 23.7. The molecule has 0 spiro atoms. The summed E-state index contributed by atoms with van der Waals surface area (Å²) in [5.41, 5.74) is 0.0545. The normalized spacial score (nSPS) is 11.9. The molecule has 1 atom stereocenters. The van der Waals surface area contributed by atoms with E-state index in [1.807, 2.05) is 6.92 Å². The second kappa shape index (κ2) is 9.00. The van der Waals surface area contributed by atoms with Gasteiger partial charge in [0.05, 0.1) is 17.8 Å². The quantitative estimate of drug-likeness (QED) is 0.591. The Bertz CT molecular complexity index is 554. The number of benzene rings is 1. The van der Waals surface area contributed by atoms with Gasteiger partial charge in [-0.15, -0.1) is 11.8 Å². The van der Waals surface area contributed by atoms with Gasteiger partial charge in [-0.05, 0) is 18.6 Å². The maximum Gasteiger partial charge on any atom is 0.319 e. The van der Waals surface area contributed by atoms with E-state index in [0.717, 1.165) is 12.5 Å². The average molecular weight is 348 g/mol. The molecule has 0 bridgehead atoms. The van der Waals surface area contributed by atoms with Crippen LogP contribution in [0.4, 0.5) is 10.1 Å². The molecular formula is C15H19ClFNO3S. The highest BCUT2D eigenvalue weighted by Gasteiger charge is 2.22. The number of nitrogens with one attached hydrogen (secondary N) is 1. The van der Waals surface area contributed by atoms with Crippen LogP contribution in [-0.2, 0) is 14.3 Å². The van der Waals surface area contributed by atoms with Crippen LogP contribution >= 0.6 is 23.4 Å². The van der Waals surface area contributed by atoms with E-state index in [4.69, 9.17) is 16.3 Å². The number of methoxy groups -OCH3 is 1. The number of thioether (sulfide) groups is 1. The van der Waals surface area contributed by atoms with E-state index in [0.29, 0.717) is 11.3 Å². The number of amides is 1. The summed E-state index contributed by atoms with van der Waals surface area (Å²) in [6, 6.07) is 2.58. The lowest BCUT2D eigenvalue weighted by molar-refractivity contribution is -0.140. The first-order chi connectivity index (χ1) is 10.4. The van der Waals surface area contributed by atoms with Crippen LogP contribution in [0.2, 0.25) is 5.02 Å². The van der Waals surface area contributed by atoms with Crippen LogP contribution in [0.1, 0.15) is 33.1 Å². The van der Waals surface area contributed by atoms with Crippen LogP contribution < -0.4 is 5.32 Å². The second-order valence-electron chi connectivity index (χ2n) is 4.58. The van der Waals surface area contributed by atoms with Crippen molar-refractivity contribution >= 4 is 40.9 Å². The summed E-state index contributed by atoms with van der Waals surface area (Å²) in [6.07, 6.45) is 1.65. The molecule has 1 unspecified atom stereocenters. The van der Waals surface area contributed by atoms with Gasteiger partial charge in [0.25, 0.3) is 0 Å². The third-order valence-electron chi connectivity index (χ3n) is 2.90. The number of carbonyl (C=O) groups is 2. The number of ether oxygens (including phenoxy) is 1. The number of esters is 1. The number of hydrogen-bond donors (Lipinski definition) is 1. The first kappa shape index (κ1) is 18.8. The fourth-order valence-corrected chi connectivity index (χ4v) is 3.22. The Hall–Kier alpha value is -1.27. The summed E-state index contributed by atoms with van der Waals surface area (Å²) >= 11 is 7.24. The van der Waals surface area contributed by atoms with Crippen LogP contribution in [0.15, 0.2) is 17.0 Å². The fraction of sp³-hybridized carbons (Fsp3) is 0.467. The largest absolute Gasteiger partial charge is 0.468 e. The first-order valence-electron chi connectivity index (χ1n) is 6.96. The van der Waals surface area contributed by atoms with Gasteiger partial charge in [-0.1, -0.05) is 31.9 Å². The molecule has 7 heteroatoms. The Labute approximate surface area is 138 Å². The Kier molecular flexibility index (Phi) is 7.68. The van der Waals surface area contributed by atoms with E-state index < -0.39 is 11.1 Å². The van der Waals surface area contributed by atoms with Crippen LogP contribution in [0.3, 0.4) is 0 Å². The van der Waals surface area contributed by atoms with Crippen molar-refractivity contribution in [3.05, 3.63) is 23.0 Å². The lowest BCUT2D eigenvalue weighted by Crippen LogP contribution is -2.18. The van der Waals surface area contributed by atoms with Crippen LogP contribution in [0.5, 0.6) is 0 Å². The molecule has 0 aliphatic carbocycles. The predicted octanol–water partition coefficient (Wildman–Crippen LogP) is 4.26. The van der Waals surface area contributed by atoms with Gasteiger partial charge < -0.3 is 10.1 Å². The molecular weight excluding hydrogens is 329 g/mol. The van der Waals surface area contributed by atoms with Crippen molar-refractivity contribution in [2.45, 2.75) is 43.3 Å². The molecule has 0 aliphatic heterocycles. The predicted molar refractivity (Wildman–Crippen MR) is 86.9 cm³/mol. The maximum absolute atomic E-state index is 13.8. The molecule has 1 N–H and O–H groups in total. The molecule has 0 aliphatic rings. The molecule has 1 aromatic carbocycles. The van der Waals surface area contributed by atoms with Gasteiger partial charge in [0, 0.05) is 11.3 Å². The molecule has 1 amide bonds. The number of halogens is 2. The van der Waals surface area contributed by atoms with E-state index in [1.54, 1.807) is 6.92 Å². The standard InChI is InChI=1S/C15H19ClFNO3S/c1-4-6-12(15(20)21-3)22-13-8-11(18-14(19)5-2)10(17)7-9(13)16/h7-8,12H,4-6H2,1-3H3,(H,18,19). The Morgan fingerprint density at radius 2 is 2.09 bits per heavy atom. The smallest absolute Gasteiger partial charge is 0.319 e. The molecule has 1 rings (SSSR count). The van der Waals surface area contributed by atoms with E-state index in [1.165, 1.54) is 24.9 Å². The zero-order chi connectivity index (χ0) is 16.7. The van der Waals surface area contributed by atoms with Crippen LogP contribution in [0.25, 0.3) is 0 Å². The van der Waals surface area contributed by atoms with Gasteiger partial charge in [-0.3, -0.25) is 9.59 Å². The Morgan fingerprint density at radius 1 is 1.41 bits per heavy atom. The van der Waals surface area contributed by atoms with Gasteiger partial charge in [0.15, 0.2) is 0 Å². The molecule has 0 fully saturated rings. The van der Waals surface area contributed by atoms with Gasteiger partial charge >= 0.3 is 5.97 Å². The maximum atomic E-state index is 13.8. The van der Waals surface area contributed by atoms with Crippen molar-refractivity contribution in [2.75, 3.05) is 12.4 Å². The molecule has 122 valence electrons. The monoisotopic (exact) mass is 347 g/mol. The van der Waals surface area contributed by atoms with E-state index in [9.17, 15) is 14.0 Å². The van der Waals surface area contributed by atoms with E-state index in [-0.39, 0.29) is 29.0 Å². The lowest BCUT2D eigenvalue weighted by atomic mass is 10.2. The van der Waals surface area contributed by atoms with Crippen molar-refractivity contribution < 1.29 is 18.7 Å². The van der Waals surface area contributed by atoms with Gasteiger partial charge in [-0.2, -0.15) is 0 Å². The number of anilines is 1. The third kappa shape index (κ3) is 5.18. The lowest BCUT2D eigenvalue weighted by Gasteiger charge is -2.15. The molecule has 0 radical (unpaired) electrons. The minimum atomic E-state index is -0.610. The van der Waals surface area contributed by atoms with Gasteiger partial charge in [-0.25, -0.2) is 4.39 Å². The number of rotatable bonds is 7. The van der Waals surface area contributed by atoms with Crippen molar-refractivity contribution in [2.24, 2.45) is 0 Å².